The Balaban J connectivity index is 2.33. The van der Waals surface area contributed by atoms with Gasteiger partial charge < -0.3 is 5.32 Å². The van der Waals surface area contributed by atoms with Crippen LogP contribution in [0, 0.1) is 6.92 Å². The van der Waals surface area contributed by atoms with Crippen molar-refractivity contribution in [3.05, 3.63) is 36.5 Å². The van der Waals surface area contributed by atoms with Crippen LogP contribution in [0.2, 0.25) is 0 Å². The number of imidazole rings is 1. The Morgan fingerprint density at radius 3 is 2.64 bits per heavy atom. The van der Waals surface area contributed by atoms with Crippen molar-refractivity contribution in [3.8, 4) is 5.82 Å². The van der Waals surface area contributed by atoms with Crippen molar-refractivity contribution in [2.24, 2.45) is 0 Å². The largest absolute Gasteiger partial charge is 0.387 e. The first-order chi connectivity index (χ1) is 6.79. The molecule has 72 valence electrons. The zero-order valence-electron chi connectivity index (χ0n) is 8.23. The van der Waals surface area contributed by atoms with E-state index in [0.29, 0.717) is 0 Å². The third-order valence-electron chi connectivity index (χ3n) is 2.01. The van der Waals surface area contributed by atoms with E-state index in [-0.39, 0.29) is 0 Å². The summed E-state index contributed by atoms with van der Waals surface area (Å²) in [6.45, 7) is 1.96. The smallest absolute Gasteiger partial charge is 0.137 e. The quantitative estimate of drug-likeness (QED) is 0.778. The van der Waals surface area contributed by atoms with Gasteiger partial charge >= 0.3 is 0 Å². The first-order valence-electron chi connectivity index (χ1n) is 4.44. The van der Waals surface area contributed by atoms with E-state index < -0.39 is 0 Å². The van der Waals surface area contributed by atoms with Gasteiger partial charge in [0.25, 0.3) is 0 Å². The third kappa shape index (κ3) is 1.59. The van der Waals surface area contributed by atoms with Crippen LogP contribution < -0.4 is 5.32 Å². The molecule has 0 saturated heterocycles. The molecule has 0 unspecified atom stereocenters. The van der Waals surface area contributed by atoms with Crippen molar-refractivity contribution in [1.82, 2.24) is 14.5 Å². The Morgan fingerprint density at radius 2 is 2.14 bits per heavy atom. The van der Waals surface area contributed by atoms with Gasteiger partial charge in [0.15, 0.2) is 0 Å². The van der Waals surface area contributed by atoms with Crippen molar-refractivity contribution >= 4 is 5.69 Å². The maximum absolute atomic E-state index is 4.29. The van der Waals surface area contributed by atoms with Crippen LogP contribution in [0.5, 0.6) is 0 Å². The molecule has 0 aliphatic carbocycles. The molecule has 0 aliphatic heterocycles. The third-order valence-corrected chi connectivity index (χ3v) is 2.01. The minimum Gasteiger partial charge on any atom is -0.387 e. The van der Waals surface area contributed by atoms with Crippen molar-refractivity contribution in [1.29, 1.82) is 0 Å². The monoisotopic (exact) mass is 188 g/mol. The second-order valence-corrected chi connectivity index (χ2v) is 3.08. The van der Waals surface area contributed by atoms with Crippen molar-refractivity contribution in [3.63, 3.8) is 0 Å². The van der Waals surface area contributed by atoms with Gasteiger partial charge in [-0.15, -0.1) is 0 Å². The van der Waals surface area contributed by atoms with Gasteiger partial charge in [0.1, 0.15) is 12.1 Å². The molecule has 4 heteroatoms. The molecule has 0 radical (unpaired) electrons. The van der Waals surface area contributed by atoms with Crippen LogP contribution in [0.1, 0.15) is 5.69 Å². The first-order valence-corrected chi connectivity index (χ1v) is 4.44. The summed E-state index contributed by atoms with van der Waals surface area (Å²) in [5.74, 6) is 0.879. The van der Waals surface area contributed by atoms with E-state index >= 15 is 0 Å². The standard InChI is InChI=1S/C10H12N4/c1-8-6-14(7-13-8)10-4-3-9(11-2)5-12-10/h3-7,11H,1-2H3. The fraction of sp³-hybridized carbons (Fsp3) is 0.200. The zero-order valence-corrected chi connectivity index (χ0v) is 8.23. The number of rotatable bonds is 2. The predicted octanol–water partition coefficient (Wildman–Crippen LogP) is 1.62. The van der Waals surface area contributed by atoms with Crippen LogP contribution in [0.15, 0.2) is 30.9 Å². The van der Waals surface area contributed by atoms with E-state index in [9.17, 15) is 0 Å². The summed E-state index contributed by atoms with van der Waals surface area (Å²) in [5, 5.41) is 3.02. The van der Waals surface area contributed by atoms with Gasteiger partial charge in [0.2, 0.25) is 0 Å². The van der Waals surface area contributed by atoms with Gasteiger partial charge in [-0.1, -0.05) is 0 Å². The summed E-state index contributed by atoms with van der Waals surface area (Å²) >= 11 is 0. The SMILES string of the molecule is CNc1ccc(-n2cnc(C)c2)nc1. The Bertz CT molecular complexity index is 416. The lowest BCUT2D eigenvalue weighted by molar-refractivity contribution is 0.993. The molecule has 0 aliphatic rings. The Morgan fingerprint density at radius 1 is 1.29 bits per heavy atom. The highest BCUT2D eigenvalue weighted by atomic mass is 15.1. The van der Waals surface area contributed by atoms with Crippen LogP contribution in [0.25, 0.3) is 5.82 Å². The van der Waals surface area contributed by atoms with E-state index in [1.54, 1.807) is 12.5 Å². The molecule has 2 rings (SSSR count). The Labute approximate surface area is 82.6 Å². The fourth-order valence-electron chi connectivity index (χ4n) is 1.23. The molecule has 1 N–H and O–H groups in total. The minimum absolute atomic E-state index is 0.879. The molecule has 0 amide bonds. The fourth-order valence-corrected chi connectivity index (χ4v) is 1.23. The van der Waals surface area contributed by atoms with Gasteiger partial charge in [-0.3, -0.25) is 4.57 Å². The van der Waals surface area contributed by atoms with E-state index in [0.717, 1.165) is 17.2 Å². The van der Waals surface area contributed by atoms with Crippen LogP contribution in [0.3, 0.4) is 0 Å². The number of aryl methyl sites for hydroxylation is 1. The van der Waals surface area contributed by atoms with Crippen LogP contribution in [-0.4, -0.2) is 21.6 Å². The molecule has 4 nitrogen and oxygen atoms in total. The molecule has 0 atom stereocenters. The number of hydrogen-bond donors (Lipinski definition) is 1. The molecule has 0 bridgehead atoms. The summed E-state index contributed by atoms with van der Waals surface area (Å²) in [5.41, 5.74) is 2.00. The van der Waals surface area contributed by atoms with Gasteiger partial charge in [0.05, 0.1) is 17.6 Å². The number of hydrogen-bond acceptors (Lipinski definition) is 3. The van der Waals surface area contributed by atoms with Crippen LogP contribution in [-0.2, 0) is 0 Å². The molecular formula is C10H12N4. The highest BCUT2D eigenvalue weighted by molar-refractivity contribution is 5.42. The van der Waals surface area contributed by atoms with Crippen molar-refractivity contribution in [2.45, 2.75) is 6.92 Å². The van der Waals surface area contributed by atoms with Crippen LogP contribution >= 0.6 is 0 Å². The topological polar surface area (TPSA) is 42.7 Å². The zero-order chi connectivity index (χ0) is 9.97. The van der Waals surface area contributed by atoms with Crippen molar-refractivity contribution < 1.29 is 0 Å². The maximum atomic E-state index is 4.29. The van der Waals surface area contributed by atoms with Crippen molar-refractivity contribution in [2.75, 3.05) is 12.4 Å². The highest BCUT2D eigenvalue weighted by Gasteiger charge is 1.98. The summed E-state index contributed by atoms with van der Waals surface area (Å²) in [6.07, 6.45) is 5.50. The molecule has 0 aromatic carbocycles. The number of nitrogens with zero attached hydrogens (tertiary/aromatic N) is 3. The summed E-state index contributed by atoms with van der Waals surface area (Å²) < 4.78 is 1.90. The van der Waals surface area contributed by atoms with Gasteiger partial charge in [-0.05, 0) is 19.1 Å². The molecule has 2 aromatic rings. The van der Waals surface area contributed by atoms with Gasteiger partial charge in [-0.2, -0.15) is 0 Å². The summed E-state index contributed by atoms with van der Waals surface area (Å²) in [6, 6.07) is 3.94. The first kappa shape index (κ1) is 8.74. The van der Waals surface area contributed by atoms with E-state index in [1.807, 2.05) is 36.9 Å². The predicted molar refractivity (Wildman–Crippen MR) is 55.6 cm³/mol. The molecular weight excluding hydrogens is 176 g/mol. The number of pyridine rings is 1. The lowest BCUT2D eigenvalue weighted by Crippen LogP contribution is -1.95. The number of nitrogens with one attached hydrogen (secondary N) is 1. The van der Waals surface area contributed by atoms with E-state index in [1.165, 1.54) is 0 Å². The molecule has 0 saturated carbocycles. The molecule has 0 spiro atoms. The van der Waals surface area contributed by atoms with Gasteiger partial charge in [-0.25, -0.2) is 9.97 Å². The van der Waals surface area contributed by atoms with Gasteiger partial charge in [0, 0.05) is 13.2 Å². The number of anilines is 1. The highest BCUT2D eigenvalue weighted by Crippen LogP contribution is 2.09. The average molecular weight is 188 g/mol. The summed E-state index contributed by atoms with van der Waals surface area (Å²) in [4.78, 5) is 8.44. The van der Waals surface area contributed by atoms with Crippen LogP contribution in [0.4, 0.5) is 5.69 Å². The second kappa shape index (κ2) is 3.49. The van der Waals surface area contributed by atoms with E-state index in [4.69, 9.17) is 0 Å². The molecule has 2 heterocycles. The Hall–Kier alpha value is -1.84. The molecule has 2 aromatic heterocycles. The lowest BCUT2D eigenvalue weighted by atomic mass is 10.4. The molecule has 0 fully saturated rings. The van der Waals surface area contributed by atoms with E-state index in [2.05, 4.69) is 15.3 Å². The minimum atomic E-state index is 0.879. The number of aromatic nitrogens is 3. The maximum Gasteiger partial charge on any atom is 0.137 e. The lowest BCUT2D eigenvalue weighted by Gasteiger charge is -2.02. The normalized spacial score (nSPS) is 10.1. The Kier molecular flexibility index (Phi) is 2.18. The average Bonchev–Trinajstić information content (AvgIpc) is 2.65. The molecule has 14 heavy (non-hydrogen) atoms. The summed E-state index contributed by atoms with van der Waals surface area (Å²) in [7, 11) is 1.87. The second-order valence-electron chi connectivity index (χ2n) is 3.08.